The lowest BCUT2D eigenvalue weighted by Crippen LogP contribution is -1.79. The zero-order valence-electron chi connectivity index (χ0n) is 5.75. The molecule has 0 aliphatic rings. The number of nitrogens with zero attached hydrogens (tertiary/aromatic N) is 3. The molecule has 0 bridgehead atoms. The number of rotatable bonds is 2. The molecule has 4 nitrogen and oxygen atoms in total. The summed E-state index contributed by atoms with van der Waals surface area (Å²) in [5.74, 6) is 0. The smallest absolute Gasteiger partial charge is 0.115 e. The van der Waals surface area contributed by atoms with Gasteiger partial charge in [0.05, 0.1) is 11.9 Å². The Morgan fingerprint density at radius 1 is 1.55 bits per heavy atom. The Morgan fingerprint density at radius 3 is 3.09 bits per heavy atom. The summed E-state index contributed by atoms with van der Waals surface area (Å²) < 4.78 is 0. The van der Waals surface area contributed by atoms with Crippen LogP contribution in [0.25, 0.3) is 6.08 Å². The fourth-order valence-electron chi connectivity index (χ4n) is 0.580. The van der Waals surface area contributed by atoms with Gasteiger partial charge in [-0.15, -0.1) is 0 Å². The molecule has 0 aromatic carbocycles. The molecule has 0 saturated carbocycles. The maximum absolute atomic E-state index is 8.03. The lowest BCUT2D eigenvalue weighted by molar-refractivity contribution is 0.322. The van der Waals surface area contributed by atoms with E-state index in [1.165, 1.54) is 12.5 Å². The van der Waals surface area contributed by atoms with Crippen LogP contribution in [-0.2, 0) is 0 Å². The van der Waals surface area contributed by atoms with Crippen LogP contribution < -0.4 is 0 Å². The van der Waals surface area contributed by atoms with Crippen molar-refractivity contribution < 1.29 is 5.21 Å². The molecule has 4 heteroatoms. The van der Waals surface area contributed by atoms with Gasteiger partial charge in [-0.2, -0.15) is 0 Å². The highest BCUT2D eigenvalue weighted by atomic mass is 16.4. The van der Waals surface area contributed by atoms with Crippen molar-refractivity contribution in [3.8, 4) is 0 Å². The first-order chi connectivity index (χ1) is 5.43. The molecule has 11 heavy (non-hydrogen) atoms. The van der Waals surface area contributed by atoms with Gasteiger partial charge in [-0.1, -0.05) is 5.16 Å². The minimum Gasteiger partial charge on any atom is -0.411 e. The van der Waals surface area contributed by atoms with Crippen molar-refractivity contribution in [3.63, 3.8) is 0 Å². The van der Waals surface area contributed by atoms with Crippen LogP contribution >= 0.6 is 0 Å². The van der Waals surface area contributed by atoms with Crippen molar-refractivity contribution in [3.05, 3.63) is 30.4 Å². The van der Waals surface area contributed by atoms with E-state index in [-0.39, 0.29) is 0 Å². The highest BCUT2D eigenvalue weighted by molar-refractivity contribution is 5.76. The number of oxime groups is 1. The summed E-state index contributed by atoms with van der Waals surface area (Å²) in [6.07, 6.45) is 7.66. The molecule has 1 aromatic rings. The fourth-order valence-corrected chi connectivity index (χ4v) is 0.580. The molecule has 0 saturated heterocycles. The molecule has 0 radical (unpaired) electrons. The Kier molecular flexibility index (Phi) is 2.80. The van der Waals surface area contributed by atoms with Crippen molar-refractivity contribution in [2.45, 2.75) is 0 Å². The largest absolute Gasteiger partial charge is 0.411 e. The van der Waals surface area contributed by atoms with E-state index in [0.717, 1.165) is 5.69 Å². The zero-order valence-corrected chi connectivity index (χ0v) is 5.75. The second-order valence-corrected chi connectivity index (χ2v) is 1.76. The molecule has 0 spiro atoms. The second-order valence-electron chi connectivity index (χ2n) is 1.76. The Hall–Kier alpha value is -1.71. The van der Waals surface area contributed by atoms with Gasteiger partial charge in [0, 0.05) is 6.20 Å². The summed E-state index contributed by atoms with van der Waals surface area (Å²) in [5, 5.41) is 10.8. The molecule has 0 unspecified atom stereocenters. The molecular weight excluding hydrogens is 142 g/mol. The van der Waals surface area contributed by atoms with Gasteiger partial charge in [-0.25, -0.2) is 9.97 Å². The minimum absolute atomic E-state index is 0.778. The number of hydrogen-bond donors (Lipinski definition) is 1. The van der Waals surface area contributed by atoms with Gasteiger partial charge in [0.25, 0.3) is 0 Å². The third kappa shape index (κ3) is 2.57. The van der Waals surface area contributed by atoms with Crippen LogP contribution in [0, 0.1) is 0 Å². The van der Waals surface area contributed by atoms with Gasteiger partial charge in [-0.3, -0.25) is 0 Å². The first kappa shape index (κ1) is 7.40. The van der Waals surface area contributed by atoms with E-state index >= 15 is 0 Å². The fraction of sp³-hybridized carbons (Fsp3) is 0. The normalized spacial score (nSPS) is 11.3. The summed E-state index contributed by atoms with van der Waals surface area (Å²) in [5.41, 5.74) is 0.778. The molecule has 56 valence electrons. The third-order valence-electron chi connectivity index (χ3n) is 1.02. The van der Waals surface area contributed by atoms with Gasteiger partial charge >= 0.3 is 0 Å². The van der Waals surface area contributed by atoms with E-state index < -0.39 is 0 Å². The number of allylic oxidation sites excluding steroid dienone is 1. The highest BCUT2D eigenvalue weighted by Crippen LogP contribution is 1.92. The van der Waals surface area contributed by atoms with E-state index in [4.69, 9.17) is 5.21 Å². The summed E-state index contributed by atoms with van der Waals surface area (Å²) in [7, 11) is 0. The predicted octanol–water partition coefficient (Wildman–Crippen LogP) is 0.950. The Morgan fingerprint density at radius 2 is 2.45 bits per heavy atom. The summed E-state index contributed by atoms with van der Waals surface area (Å²) in [6, 6.07) is 1.75. The molecule has 0 amide bonds. The average Bonchev–Trinajstić information content (AvgIpc) is 2.07. The monoisotopic (exact) mass is 149 g/mol. The van der Waals surface area contributed by atoms with Crippen molar-refractivity contribution in [2.24, 2.45) is 5.16 Å². The second kappa shape index (κ2) is 4.16. The molecule has 0 atom stereocenters. The van der Waals surface area contributed by atoms with E-state index in [2.05, 4.69) is 15.1 Å². The van der Waals surface area contributed by atoms with Gasteiger partial charge in [-0.05, 0) is 18.2 Å². The number of aromatic nitrogens is 2. The minimum atomic E-state index is 0.778. The van der Waals surface area contributed by atoms with E-state index in [0.29, 0.717) is 0 Å². The molecule has 1 N–H and O–H groups in total. The summed E-state index contributed by atoms with van der Waals surface area (Å²) >= 11 is 0. The van der Waals surface area contributed by atoms with E-state index in [1.807, 2.05) is 0 Å². The van der Waals surface area contributed by atoms with Crippen LogP contribution in [0.1, 0.15) is 5.69 Å². The van der Waals surface area contributed by atoms with Crippen molar-refractivity contribution in [1.29, 1.82) is 0 Å². The molecular formula is C7H7N3O. The van der Waals surface area contributed by atoms with Crippen LogP contribution in [0.3, 0.4) is 0 Å². The van der Waals surface area contributed by atoms with Crippen LogP contribution in [0.15, 0.2) is 29.8 Å². The predicted molar refractivity (Wildman–Crippen MR) is 41.3 cm³/mol. The van der Waals surface area contributed by atoms with Gasteiger partial charge in [0.1, 0.15) is 6.33 Å². The summed E-state index contributed by atoms with van der Waals surface area (Å²) in [4.78, 5) is 7.65. The summed E-state index contributed by atoms with van der Waals surface area (Å²) in [6.45, 7) is 0. The Labute approximate surface area is 63.9 Å². The first-order valence-corrected chi connectivity index (χ1v) is 3.03. The molecule has 0 aliphatic heterocycles. The van der Waals surface area contributed by atoms with Gasteiger partial charge in [0.2, 0.25) is 0 Å². The SMILES string of the molecule is ON=CC=Cc1ccncn1. The van der Waals surface area contributed by atoms with Crippen LogP contribution in [0.5, 0.6) is 0 Å². The molecule has 1 aromatic heterocycles. The average molecular weight is 149 g/mol. The maximum Gasteiger partial charge on any atom is 0.115 e. The Bertz CT molecular complexity index is 256. The van der Waals surface area contributed by atoms with Crippen molar-refractivity contribution >= 4 is 12.3 Å². The molecule has 0 aliphatic carbocycles. The van der Waals surface area contributed by atoms with Gasteiger partial charge in [0.15, 0.2) is 0 Å². The standard InChI is InChI=1S/C7H7N3O/c11-10-4-1-2-7-3-5-8-6-9-7/h1-6,11H. The highest BCUT2D eigenvalue weighted by Gasteiger charge is 1.81. The quantitative estimate of drug-likeness (QED) is 0.387. The topological polar surface area (TPSA) is 58.4 Å². The Balaban J connectivity index is 2.64. The zero-order chi connectivity index (χ0) is 7.94. The van der Waals surface area contributed by atoms with Crippen LogP contribution in [-0.4, -0.2) is 21.4 Å². The molecule has 1 heterocycles. The first-order valence-electron chi connectivity index (χ1n) is 3.03. The van der Waals surface area contributed by atoms with Gasteiger partial charge < -0.3 is 5.21 Å². The molecule has 0 fully saturated rings. The van der Waals surface area contributed by atoms with Crippen molar-refractivity contribution in [1.82, 2.24) is 9.97 Å². The third-order valence-corrected chi connectivity index (χ3v) is 1.02. The van der Waals surface area contributed by atoms with Crippen LogP contribution in [0.2, 0.25) is 0 Å². The van der Waals surface area contributed by atoms with Crippen molar-refractivity contribution in [2.75, 3.05) is 0 Å². The lowest BCUT2D eigenvalue weighted by Gasteiger charge is -1.85. The van der Waals surface area contributed by atoms with Crippen LogP contribution in [0.4, 0.5) is 0 Å². The maximum atomic E-state index is 8.03. The lowest BCUT2D eigenvalue weighted by atomic mass is 10.4. The number of hydrogen-bond acceptors (Lipinski definition) is 4. The van der Waals surface area contributed by atoms with E-state index in [1.54, 1.807) is 24.4 Å². The van der Waals surface area contributed by atoms with E-state index in [9.17, 15) is 0 Å². The molecule has 1 rings (SSSR count).